The number of nitrogens with zero attached hydrogens (tertiary/aromatic N) is 1. The van der Waals surface area contributed by atoms with Crippen molar-refractivity contribution >= 4 is 0 Å². The lowest BCUT2D eigenvalue weighted by Gasteiger charge is -2.43. The van der Waals surface area contributed by atoms with Crippen molar-refractivity contribution in [2.75, 3.05) is 33.9 Å². The first-order valence-corrected chi connectivity index (χ1v) is 8.19. The number of rotatable bonds is 4. The molecule has 1 aliphatic carbocycles. The SMILES string of the molecule is Cc1ccc2c(c1)[C@H](NCC1(N(C)C)CCOCC1)CC2. The molecule has 2 aliphatic rings. The summed E-state index contributed by atoms with van der Waals surface area (Å²) in [7, 11) is 4.42. The number of hydrogen-bond donors (Lipinski definition) is 1. The predicted molar refractivity (Wildman–Crippen MR) is 86.7 cm³/mol. The Balaban J connectivity index is 1.69. The molecule has 0 saturated carbocycles. The molecule has 1 aromatic carbocycles. The van der Waals surface area contributed by atoms with E-state index in [2.05, 4.69) is 49.4 Å². The molecular weight excluding hydrogens is 260 g/mol. The zero-order valence-corrected chi connectivity index (χ0v) is 13.6. The molecule has 3 rings (SSSR count). The summed E-state index contributed by atoms with van der Waals surface area (Å²) in [6.07, 6.45) is 4.70. The van der Waals surface area contributed by atoms with E-state index in [1.54, 1.807) is 0 Å². The molecule has 0 bridgehead atoms. The van der Waals surface area contributed by atoms with Gasteiger partial charge in [0.2, 0.25) is 0 Å². The normalized spacial score (nSPS) is 24.3. The molecule has 0 aromatic heterocycles. The van der Waals surface area contributed by atoms with E-state index >= 15 is 0 Å². The molecule has 116 valence electrons. The van der Waals surface area contributed by atoms with E-state index in [4.69, 9.17) is 4.74 Å². The highest BCUT2D eigenvalue weighted by Crippen LogP contribution is 2.33. The third kappa shape index (κ3) is 3.01. The molecule has 1 saturated heterocycles. The topological polar surface area (TPSA) is 24.5 Å². The molecule has 21 heavy (non-hydrogen) atoms. The van der Waals surface area contributed by atoms with Crippen LogP contribution >= 0.6 is 0 Å². The van der Waals surface area contributed by atoms with Crippen LogP contribution in [0.2, 0.25) is 0 Å². The zero-order valence-electron chi connectivity index (χ0n) is 13.6. The number of fused-ring (bicyclic) bond motifs is 1. The van der Waals surface area contributed by atoms with Crippen LogP contribution in [0, 0.1) is 6.92 Å². The molecule has 0 unspecified atom stereocenters. The number of likely N-dealkylation sites (N-methyl/N-ethyl adjacent to an activating group) is 1. The van der Waals surface area contributed by atoms with Gasteiger partial charge in [-0.2, -0.15) is 0 Å². The minimum atomic E-state index is 0.255. The third-order valence-corrected chi connectivity index (χ3v) is 5.43. The lowest BCUT2D eigenvalue weighted by molar-refractivity contribution is -0.00827. The van der Waals surface area contributed by atoms with Crippen molar-refractivity contribution in [3.05, 3.63) is 34.9 Å². The van der Waals surface area contributed by atoms with Crippen molar-refractivity contribution in [1.29, 1.82) is 0 Å². The Kier molecular flexibility index (Phi) is 4.34. The molecule has 1 aliphatic heterocycles. The van der Waals surface area contributed by atoms with Crippen LogP contribution in [0.5, 0.6) is 0 Å². The Morgan fingerprint density at radius 1 is 1.29 bits per heavy atom. The highest BCUT2D eigenvalue weighted by atomic mass is 16.5. The van der Waals surface area contributed by atoms with Gasteiger partial charge in [-0.1, -0.05) is 23.8 Å². The Bertz CT molecular complexity index is 492. The Labute approximate surface area is 128 Å². The van der Waals surface area contributed by atoms with Gasteiger partial charge in [0, 0.05) is 31.3 Å². The van der Waals surface area contributed by atoms with Crippen LogP contribution < -0.4 is 5.32 Å². The van der Waals surface area contributed by atoms with Gasteiger partial charge in [-0.05, 0) is 57.8 Å². The van der Waals surface area contributed by atoms with Gasteiger partial charge in [-0.25, -0.2) is 0 Å². The smallest absolute Gasteiger partial charge is 0.0484 e. The number of hydrogen-bond acceptors (Lipinski definition) is 3. The fourth-order valence-corrected chi connectivity index (χ4v) is 3.78. The molecule has 3 heteroatoms. The van der Waals surface area contributed by atoms with E-state index in [1.807, 2.05) is 0 Å². The summed E-state index contributed by atoms with van der Waals surface area (Å²) in [6.45, 7) is 5.03. The summed E-state index contributed by atoms with van der Waals surface area (Å²) in [5, 5.41) is 3.86. The van der Waals surface area contributed by atoms with Crippen LogP contribution in [0.4, 0.5) is 0 Å². The fraction of sp³-hybridized carbons (Fsp3) is 0.667. The van der Waals surface area contributed by atoms with Crippen molar-refractivity contribution in [1.82, 2.24) is 10.2 Å². The summed E-state index contributed by atoms with van der Waals surface area (Å²) < 4.78 is 5.56. The van der Waals surface area contributed by atoms with Crippen LogP contribution in [-0.2, 0) is 11.2 Å². The third-order valence-electron chi connectivity index (χ3n) is 5.43. The van der Waals surface area contributed by atoms with Crippen molar-refractivity contribution in [2.24, 2.45) is 0 Å². The van der Waals surface area contributed by atoms with E-state index in [0.717, 1.165) is 32.6 Å². The molecule has 1 atom stereocenters. The highest BCUT2D eigenvalue weighted by molar-refractivity contribution is 5.37. The summed E-state index contributed by atoms with van der Waals surface area (Å²) in [5.74, 6) is 0. The summed E-state index contributed by atoms with van der Waals surface area (Å²) in [6, 6.07) is 7.44. The van der Waals surface area contributed by atoms with E-state index in [9.17, 15) is 0 Å². The first kappa shape index (κ1) is 15.0. The second-order valence-electron chi connectivity index (χ2n) is 6.91. The number of nitrogens with one attached hydrogen (secondary N) is 1. The summed E-state index contributed by atoms with van der Waals surface area (Å²) in [5.41, 5.74) is 4.68. The molecule has 0 spiro atoms. The number of benzene rings is 1. The second kappa shape index (κ2) is 6.07. The lowest BCUT2D eigenvalue weighted by Crippen LogP contribution is -2.55. The maximum absolute atomic E-state index is 5.56. The van der Waals surface area contributed by atoms with Gasteiger partial charge < -0.3 is 15.0 Å². The van der Waals surface area contributed by atoms with Gasteiger partial charge in [0.15, 0.2) is 0 Å². The first-order chi connectivity index (χ1) is 10.1. The second-order valence-corrected chi connectivity index (χ2v) is 6.91. The van der Waals surface area contributed by atoms with E-state index in [1.165, 1.54) is 29.5 Å². The summed E-state index contributed by atoms with van der Waals surface area (Å²) >= 11 is 0. The van der Waals surface area contributed by atoms with Crippen LogP contribution in [0.15, 0.2) is 18.2 Å². The van der Waals surface area contributed by atoms with Gasteiger partial charge in [0.25, 0.3) is 0 Å². The number of aryl methyl sites for hydroxylation is 2. The summed E-state index contributed by atoms with van der Waals surface area (Å²) in [4.78, 5) is 2.40. The minimum absolute atomic E-state index is 0.255. The standard InChI is InChI=1S/C18H28N2O/c1-14-4-5-15-6-7-17(16(15)12-14)19-13-18(20(2)3)8-10-21-11-9-18/h4-5,12,17,19H,6-11,13H2,1-3H3/t17-/m1/s1. The van der Waals surface area contributed by atoms with Crippen LogP contribution in [0.3, 0.4) is 0 Å². The monoisotopic (exact) mass is 288 g/mol. The van der Waals surface area contributed by atoms with Crippen LogP contribution in [0.25, 0.3) is 0 Å². The molecule has 1 aromatic rings. The largest absolute Gasteiger partial charge is 0.381 e. The Morgan fingerprint density at radius 2 is 2.05 bits per heavy atom. The molecule has 0 amide bonds. The number of ether oxygens (including phenoxy) is 1. The van der Waals surface area contributed by atoms with Crippen molar-refractivity contribution in [3.63, 3.8) is 0 Å². The van der Waals surface area contributed by atoms with Crippen molar-refractivity contribution in [3.8, 4) is 0 Å². The maximum Gasteiger partial charge on any atom is 0.0484 e. The Morgan fingerprint density at radius 3 is 2.76 bits per heavy atom. The maximum atomic E-state index is 5.56. The van der Waals surface area contributed by atoms with Crippen LogP contribution in [-0.4, -0.2) is 44.3 Å². The van der Waals surface area contributed by atoms with Gasteiger partial charge in [0.1, 0.15) is 0 Å². The van der Waals surface area contributed by atoms with E-state index in [0.29, 0.717) is 6.04 Å². The van der Waals surface area contributed by atoms with Crippen molar-refractivity contribution in [2.45, 2.75) is 44.2 Å². The minimum Gasteiger partial charge on any atom is -0.381 e. The molecule has 1 N–H and O–H groups in total. The van der Waals surface area contributed by atoms with Gasteiger partial charge >= 0.3 is 0 Å². The average Bonchev–Trinajstić information content (AvgIpc) is 2.88. The quantitative estimate of drug-likeness (QED) is 0.922. The van der Waals surface area contributed by atoms with Gasteiger partial charge in [-0.3, -0.25) is 0 Å². The molecule has 1 fully saturated rings. The van der Waals surface area contributed by atoms with Gasteiger partial charge in [-0.15, -0.1) is 0 Å². The fourth-order valence-electron chi connectivity index (χ4n) is 3.78. The Hall–Kier alpha value is -0.900. The molecule has 3 nitrogen and oxygen atoms in total. The van der Waals surface area contributed by atoms with E-state index < -0.39 is 0 Å². The predicted octanol–water partition coefficient (Wildman–Crippen LogP) is 2.68. The highest BCUT2D eigenvalue weighted by Gasteiger charge is 2.35. The van der Waals surface area contributed by atoms with Crippen LogP contribution in [0.1, 0.15) is 42.0 Å². The van der Waals surface area contributed by atoms with Crippen molar-refractivity contribution < 1.29 is 4.74 Å². The molecule has 1 heterocycles. The first-order valence-electron chi connectivity index (χ1n) is 8.19. The molecular formula is C18H28N2O. The van der Waals surface area contributed by atoms with Gasteiger partial charge in [0.05, 0.1) is 0 Å². The lowest BCUT2D eigenvalue weighted by atomic mass is 9.88. The zero-order chi connectivity index (χ0) is 14.9. The van der Waals surface area contributed by atoms with E-state index in [-0.39, 0.29) is 5.54 Å². The molecule has 0 radical (unpaired) electrons. The average molecular weight is 288 g/mol.